The number of hydrogen-bond donors (Lipinski definition) is 2. The summed E-state index contributed by atoms with van der Waals surface area (Å²) in [4.78, 5) is 4.13. The molecule has 1 heterocycles. The van der Waals surface area contributed by atoms with Crippen molar-refractivity contribution in [2.24, 2.45) is 10.7 Å². The van der Waals surface area contributed by atoms with E-state index in [1.807, 2.05) is 0 Å². The van der Waals surface area contributed by atoms with Gasteiger partial charge in [0.05, 0.1) is 12.7 Å². The highest BCUT2D eigenvalue weighted by Crippen LogP contribution is 2.23. The topological polar surface area (TPSA) is 78.1 Å². The molecule has 10 heteroatoms. The predicted molar refractivity (Wildman–Crippen MR) is 103 cm³/mol. The minimum absolute atomic E-state index is 0. The quantitative estimate of drug-likeness (QED) is 0.253. The summed E-state index contributed by atoms with van der Waals surface area (Å²) in [6.45, 7) is 2.47. The van der Waals surface area contributed by atoms with E-state index in [1.165, 1.54) is 24.3 Å². The van der Waals surface area contributed by atoms with Crippen LogP contribution in [0.2, 0.25) is 0 Å². The third kappa shape index (κ3) is 9.43. The number of rotatable bonds is 8. The number of nitrogens with two attached hydrogens (primary N) is 1. The van der Waals surface area contributed by atoms with Crippen molar-refractivity contribution in [1.29, 1.82) is 0 Å². The van der Waals surface area contributed by atoms with E-state index in [4.69, 9.17) is 15.2 Å². The van der Waals surface area contributed by atoms with E-state index < -0.39 is 6.36 Å². The molecule has 0 spiro atoms. The molecule has 6 nitrogen and oxygen atoms in total. The van der Waals surface area contributed by atoms with Gasteiger partial charge in [0.25, 0.3) is 0 Å². The molecule has 0 aromatic heterocycles. The van der Waals surface area contributed by atoms with Gasteiger partial charge in [0.2, 0.25) is 0 Å². The molecule has 0 radical (unpaired) electrons. The largest absolute Gasteiger partial charge is 0.573 e. The van der Waals surface area contributed by atoms with Crippen LogP contribution in [-0.4, -0.2) is 44.8 Å². The fourth-order valence-corrected chi connectivity index (χ4v) is 2.28. The van der Waals surface area contributed by atoms with E-state index in [2.05, 4.69) is 15.0 Å². The number of nitrogens with one attached hydrogen (secondary N) is 1. The monoisotopic (exact) mass is 489 g/mol. The van der Waals surface area contributed by atoms with Gasteiger partial charge < -0.3 is 25.3 Å². The van der Waals surface area contributed by atoms with Crippen molar-refractivity contribution in [2.75, 3.05) is 31.7 Å². The summed E-state index contributed by atoms with van der Waals surface area (Å²) < 4.78 is 51.0. The lowest BCUT2D eigenvalue weighted by Gasteiger charge is -2.10. The molecule has 0 aliphatic carbocycles. The Balaban J connectivity index is 0.00000338. The molecule has 1 aliphatic rings. The van der Waals surface area contributed by atoms with Gasteiger partial charge in [-0.3, -0.25) is 4.99 Å². The molecule has 1 aromatic rings. The normalized spacial score (nSPS) is 17.7. The van der Waals surface area contributed by atoms with E-state index >= 15 is 0 Å². The SMILES string of the molecule is I.NC(=NCCCOCC1CCCO1)Nc1ccc(OC(F)(F)F)cc1. The van der Waals surface area contributed by atoms with Crippen LogP contribution in [0, 0.1) is 0 Å². The molecule has 1 aromatic carbocycles. The van der Waals surface area contributed by atoms with Crippen LogP contribution in [0.5, 0.6) is 5.75 Å². The number of nitrogens with zero attached hydrogens (tertiary/aromatic N) is 1. The van der Waals surface area contributed by atoms with Crippen LogP contribution in [0.3, 0.4) is 0 Å². The molecule has 0 saturated carbocycles. The number of alkyl halides is 3. The fraction of sp³-hybridized carbons (Fsp3) is 0.562. The van der Waals surface area contributed by atoms with Gasteiger partial charge >= 0.3 is 6.36 Å². The summed E-state index contributed by atoms with van der Waals surface area (Å²) in [5.74, 6) is -0.111. The lowest BCUT2D eigenvalue weighted by atomic mass is 10.2. The van der Waals surface area contributed by atoms with Crippen molar-refractivity contribution in [3.8, 4) is 5.75 Å². The standard InChI is InChI=1S/C16H22F3N3O3.HI/c17-16(18,19)25-13-6-4-12(5-7-13)22-15(20)21-8-2-9-23-11-14-3-1-10-24-14;/h4-7,14H,1-3,8-11H2,(H3,20,21,22);1H. The Morgan fingerprint density at radius 1 is 1.31 bits per heavy atom. The number of aliphatic imine (C=N–C) groups is 1. The van der Waals surface area contributed by atoms with Gasteiger partial charge in [0.15, 0.2) is 5.96 Å². The Morgan fingerprint density at radius 3 is 2.65 bits per heavy atom. The molecule has 3 N–H and O–H groups in total. The van der Waals surface area contributed by atoms with Crippen LogP contribution in [-0.2, 0) is 9.47 Å². The lowest BCUT2D eigenvalue weighted by Crippen LogP contribution is -2.23. The van der Waals surface area contributed by atoms with Gasteiger partial charge in [-0.1, -0.05) is 0 Å². The number of guanidine groups is 1. The smallest absolute Gasteiger partial charge is 0.406 e. The average molecular weight is 489 g/mol. The van der Waals surface area contributed by atoms with Crippen molar-refractivity contribution in [3.63, 3.8) is 0 Å². The summed E-state index contributed by atoms with van der Waals surface area (Å²) in [6, 6.07) is 5.24. The summed E-state index contributed by atoms with van der Waals surface area (Å²) in [6.07, 6.45) is -1.65. The third-order valence-corrected chi connectivity index (χ3v) is 3.42. The first-order valence-corrected chi connectivity index (χ1v) is 8.04. The van der Waals surface area contributed by atoms with E-state index in [0.717, 1.165) is 19.4 Å². The Labute approximate surface area is 167 Å². The van der Waals surface area contributed by atoms with Gasteiger partial charge in [-0.05, 0) is 43.5 Å². The maximum absolute atomic E-state index is 12.1. The fourth-order valence-electron chi connectivity index (χ4n) is 2.28. The van der Waals surface area contributed by atoms with Crippen molar-refractivity contribution in [1.82, 2.24) is 0 Å². The Hall–Kier alpha value is -1.27. The average Bonchev–Trinajstić information content (AvgIpc) is 3.04. The second-order valence-corrected chi connectivity index (χ2v) is 5.53. The molecule has 0 bridgehead atoms. The number of benzene rings is 1. The number of ether oxygens (including phenoxy) is 3. The second kappa shape index (κ2) is 11.4. The van der Waals surface area contributed by atoms with E-state index in [0.29, 0.717) is 31.9 Å². The number of halogens is 4. The zero-order chi connectivity index (χ0) is 18.1. The van der Waals surface area contributed by atoms with E-state index in [1.54, 1.807) is 0 Å². The van der Waals surface area contributed by atoms with Crippen molar-refractivity contribution < 1.29 is 27.4 Å². The molecule has 1 saturated heterocycles. The molecular formula is C16H23F3IN3O3. The maximum Gasteiger partial charge on any atom is 0.573 e. The molecule has 26 heavy (non-hydrogen) atoms. The highest BCUT2D eigenvalue weighted by Gasteiger charge is 2.30. The molecular weight excluding hydrogens is 466 g/mol. The molecule has 0 amide bonds. The van der Waals surface area contributed by atoms with Crippen LogP contribution in [0.4, 0.5) is 18.9 Å². The van der Waals surface area contributed by atoms with Crippen LogP contribution in [0.1, 0.15) is 19.3 Å². The Morgan fingerprint density at radius 2 is 2.04 bits per heavy atom. The van der Waals surface area contributed by atoms with Gasteiger partial charge in [0, 0.05) is 25.4 Å². The summed E-state index contributed by atoms with van der Waals surface area (Å²) in [5.41, 5.74) is 6.25. The first kappa shape index (κ1) is 22.8. The minimum atomic E-state index is -4.71. The molecule has 1 aliphatic heterocycles. The summed E-state index contributed by atoms with van der Waals surface area (Å²) >= 11 is 0. The molecule has 1 fully saturated rings. The van der Waals surface area contributed by atoms with Gasteiger partial charge in [-0.25, -0.2) is 0 Å². The Bertz CT molecular complexity index is 550. The zero-order valence-electron chi connectivity index (χ0n) is 14.1. The number of anilines is 1. The Kier molecular flexibility index (Phi) is 10.0. The van der Waals surface area contributed by atoms with Crippen LogP contribution < -0.4 is 15.8 Å². The first-order chi connectivity index (χ1) is 11.9. The van der Waals surface area contributed by atoms with Crippen molar-refractivity contribution in [3.05, 3.63) is 24.3 Å². The van der Waals surface area contributed by atoms with Crippen LogP contribution >= 0.6 is 24.0 Å². The number of hydrogen-bond acceptors (Lipinski definition) is 4. The van der Waals surface area contributed by atoms with Gasteiger partial charge in [-0.15, -0.1) is 37.1 Å². The molecule has 2 rings (SSSR count). The maximum atomic E-state index is 12.1. The summed E-state index contributed by atoms with van der Waals surface area (Å²) in [5, 5.41) is 2.80. The minimum Gasteiger partial charge on any atom is -0.406 e. The second-order valence-electron chi connectivity index (χ2n) is 5.53. The molecule has 1 atom stereocenters. The molecule has 148 valence electrons. The third-order valence-electron chi connectivity index (χ3n) is 3.42. The van der Waals surface area contributed by atoms with Crippen molar-refractivity contribution in [2.45, 2.75) is 31.7 Å². The van der Waals surface area contributed by atoms with Gasteiger partial charge in [0.1, 0.15) is 5.75 Å². The van der Waals surface area contributed by atoms with Crippen LogP contribution in [0.15, 0.2) is 29.3 Å². The van der Waals surface area contributed by atoms with Crippen LogP contribution in [0.25, 0.3) is 0 Å². The van der Waals surface area contributed by atoms with Gasteiger partial charge in [-0.2, -0.15) is 0 Å². The highest BCUT2D eigenvalue weighted by molar-refractivity contribution is 14.0. The van der Waals surface area contributed by atoms with E-state index in [-0.39, 0.29) is 41.8 Å². The van der Waals surface area contributed by atoms with E-state index in [9.17, 15) is 13.2 Å². The first-order valence-electron chi connectivity index (χ1n) is 8.04. The summed E-state index contributed by atoms with van der Waals surface area (Å²) in [7, 11) is 0. The predicted octanol–water partition coefficient (Wildman–Crippen LogP) is 3.52. The highest BCUT2D eigenvalue weighted by atomic mass is 127. The lowest BCUT2D eigenvalue weighted by molar-refractivity contribution is -0.274. The van der Waals surface area contributed by atoms with Crippen molar-refractivity contribution >= 4 is 35.6 Å². The molecule has 1 unspecified atom stereocenters. The zero-order valence-corrected chi connectivity index (χ0v) is 16.5.